The van der Waals surface area contributed by atoms with Crippen LogP contribution in [-0.2, 0) is 14.3 Å². The third-order valence-corrected chi connectivity index (χ3v) is 5.14. The summed E-state index contributed by atoms with van der Waals surface area (Å²) >= 11 is 0. The first-order chi connectivity index (χ1) is 11.7. The van der Waals surface area contributed by atoms with E-state index in [0.29, 0.717) is 13.2 Å². The van der Waals surface area contributed by atoms with Gasteiger partial charge < -0.3 is 20.1 Å². The van der Waals surface area contributed by atoms with Crippen molar-refractivity contribution in [2.24, 2.45) is 5.92 Å². The Balaban J connectivity index is 0.00000225. The maximum atomic E-state index is 12.8. The van der Waals surface area contributed by atoms with Gasteiger partial charge in [-0.15, -0.1) is 12.4 Å². The van der Waals surface area contributed by atoms with Crippen molar-refractivity contribution < 1.29 is 14.3 Å². The van der Waals surface area contributed by atoms with Gasteiger partial charge in [-0.3, -0.25) is 4.79 Å². The van der Waals surface area contributed by atoms with Crippen LogP contribution in [0.3, 0.4) is 0 Å². The number of ether oxygens (including phenoxy) is 2. The fraction of sp³-hybridized carbons (Fsp3) is 0.632. The zero-order valence-corrected chi connectivity index (χ0v) is 15.6. The summed E-state index contributed by atoms with van der Waals surface area (Å²) in [7, 11) is 1.71. The summed E-state index contributed by atoms with van der Waals surface area (Å²) in [5.74, 6) is -0.0325. The quantitative estimate of drug-likeness (QED) is 0.809. The Kier molecular flexibility index (Phi) is 7.69. The third kappa shape index (κ3) is 4.94. The van der Waals surface area contributed by atoms with Crippen LogP contribution < -0.4 is 10.6 Å². The normalized spacial score (nSPS) is 29.0. The molecule has 2 aliphatic rings. The Hall–Kier alpha value is -1.14. The summed E-state index contributed by atoms with van der Waals surface area (Å²) in [5, 5.41) is 6.66. The van der Waals surface area contributed by atoms with Crippen molar-refractivity contribution in [1.82, 2.24) is 10.6 Å². The number of amides is 1. The highest BCUT2D eigenvalue weighted by Crippen LogP contribution is 2.33. The molecule has 3 rings (SSSR count). The molecule has 2 fully saturated rings. The number of halogens is 1. The first-order valence-electron chi connectivity index (χ1n) is 8.92. The molecule has 0 radical (unpaired) electrons. The summed E-state index contributed by atoms with van der Waals surface area (Å²) in [6, 6.07) is 10.1. The van der Waals surface area contributed by atoms with Crippen molar-refractivity contribution >= 4 is 18.3 Å². The first-order valence-corrected chi connectivity index (χ1v) is 8.92. The average Bonchev–Trinajstić information content (AvgIpc) is 3.10. The van der Waals surface area contributed by atoms with Gasteiger partial charge in [0.2, 0.25) is 5.91 Å². The van der Waals surface area contributed by atoms with Gasteiger partial charge in [-0.1, -0.05) is 30.3 Å². The molecule has 1 aromatic carbocycles. The van der Waals surface area contributed by atoms with Gasteiger partial charge in [-0.05, 0) is 37.8 Å². The van der Waals surface area contributed by atoms with Crippen LogP contribution in [0.5, 0.6) is 0 Å². The predicted molar refractivity (Wildman–Crippen MR) is 100.0 cm³/mol. The number of carbonyl (C=O) groups is 1. The van der Waals surface area contributed by atoms with Crippen LogP contribution in [0.25, 0.3) is 0 Å². The lowest BCUT2D eigenvalue weighted by atomic mass is 9.88. The Labute approximate surface area is 156 Å². The molecule has 0 aromatic heterocycles. The fourth-order valence-corrected chi connectivity index (χ4v) is 3.88. The summed E-state index contributed by atoms with van der Waals surface area (Å²) in [4.78, 5) is 12.8. The summed E-state index contributed by atoms with van der Waals surface area (Å²) < 4.78 is 11.3. The van der Waals surface area contributed by atoms with Crippen molar-refractivity contribution in [2.45, 2.75) is 37.3 Å². The molecule has 2 saturated heterocycles. The Morgan fingerprint density at radius 3 is 2.84 bits per heavy atom. The van der Waals surface area contributed by atoms with E-state index in [1.54, 1.807) is 7.11 Å². The maximum Gasteiger partial charge on any atom is 0.226 e. The number of nitrogens with one attached hydrogen (secondary N) is 2. The van der Waals surface area contributed by atoms with E-state index in [4.69, 9.17) is 9.47 Å². The lowest BCUT2D eigenvalue weighted by Gasteiger charge is -2.33. The molecule has 0 bridgehead atoms. The molecule has 140 valence electrons. The molecule has 2 aliphatic heterocycles. The molecule has 1 aromatic rings. The van der Waals surface area contributed by atoms with Gasteiger partial charge in [0, 0.05) is 20.3 Å². The third-order valence-electron chi connectivity index (χ3n) is 5.14. The first kappa shape index (κ1) is 20.2. The van der Waals surface area contributed by atoms with Crippen LogP contribution in [-0.4, -0.2) is 44.9 Å². The van der Waals surface area contributed by atoms with Crippen LogP contribution in [0.15, 0.2) is 30.3 Å². The second-order valence-corrected chi connectivity index (χ2v) is 6.91. The van der Waals surface area contributed by atoms with Crippen LogP contribution in [0, 0.1) is 5.92 Å². The molecule has 25 heavy (non-hydrogen) atoms. The van der Waals surface area contributed by atoms with Crippen molar-refractivity contribution in [3.63, 3.8) is 0 Å². The predicted octanol–water partition coefficient (Wildman–Crippen LogP) is 2.46. The monoisotopic (exact) mass is 368 g/mol. The zero-order valence-electron chi connectivity index (χ0n) is 14.8. The second kappa shape index (κ2) is 9.53. The molecule has 1 amide bonds. The van der Waals surface area contributed by atoms with Gasteiger partial charge in [0.15, 0.2) is 0 Å². The average molecular weight is 369 g/mol. The van der Waals surface area contributed by atoms with E-state index >= 15 is 0 Å². The Morgan fingerprint density at radius 2 is 2.16 bits per heavy atom. The van der Waals surface area contributed by atoms with Gasteiger partial charge in [0.05, 0.1) is 24.2 Å². The van der Waals surface area contributed by atoms with E-state index in [1.165, 1.54) is 0 Å². The smallest absolute Gasteiger partial charge is 0.226 e. The minimum atomic E-state index is -0.144. The summed E-state index contributed by atoms with van der Waals surface area (Å²) in [5.41, 5.74) is 0.963. The van der Waals surface area contributed by atoms with E-state index in [2.05, 4.69) is 10.6 Å². The lowest BCUT2D eigenvalue weighted by Crippen LogP contribution is -2.54. The summed E-state index contributed by atoms with van der Waals surface area (Å²) in [6.07, 6.45) is 3.82. The maximum absolute atomic E-state index is 12.8. The van der Waals surface area contributed by atoms with Crippen LogP contribution in [0.1, 0.15) is 37.4 Å². The van der Waals surface area contributed by atoms with E-state index < -0.39 is 0 Å². The molecule has 6 heteroatoms. The van der Waals surface area contributed by atoms with E-state index in [0.717, 1.165) is 44.4 Å². The number of carbonyl (C=O) groups excluding carboxylic acids is 1. The van der Waals surface area contributed by atoms with Gasteiger partial charge >= 0.3 is 0 Å². The molecular formula is C19H29ClN2O3. The SMILES string of the molecule is COCC1(CNC(=O)C2CCCOC2c2ccccc2)CCCN1.Cl. The fourth-order valence-electron chi connectivity index (χ4n) is 3.88. The standard InChI is InChI=1S/C19H28N2O3.ClH/c1-23-14-19(10-6-11-21-19)13-20-18(22)16-9-5-12-24-17(16)15-7-3-2-4-8-15;/h2-4,7-8,16-17,21H,5-6,9-14H2,1H3,(H,20,22);1H. The minimum absolute atomic E-state index is 0. The van der Waals surface area contributed by atoms with Crippen molar-refractivity contribution in [1.29, 1.82) is 0 Å². The topological polar surface area (TPSA) is 59.6 Å². The van der Waals surface area contributed by atoms with Crippen molar-refractivity contribution in [3.8, 4) is 0 Å². The molecule has 2 heterocycles. The number of methoxy groups -OCH3 is 1. The number of hydrogen-bond donors (Lipinski definition) is 2. The van der Waals surface area contributed by atoms with Crippen molar-refractivity contribution in [3.05, 3.63) is 35.9 Å². The van der Waals surface area contributed by atoms with E-state index in [9.17, 15) is 4.79 Å². The summed E-state index contributed by atoms with van der Waals surface area (Å²) in [6.45, 7) is 2.94. The largest absolute Gasteiger partial charge is 0.383 e. The molecule has 2 N–H and O–H groups in total. The van der Waals surface area contributed by atoms with Gasteiger partial charge in [0.25, 0.3) is 0 Å². The van der Waals surface area contributed by atoms with Gasteiger partial charge in [-0.2, -0.15) is 0 Å². The minimum Gasteiger partial charge on any atom is -0.383 e. The van der Waals surface area contributed by atoms with Crippen LogP contribution in [0.4, 0.5) is 0 Å². The van der Waals surface area contributed by atoms with E-state index in [-0.39, 0.29) is 35.9 Å². The zero-order chi connectivity index (χ0) is 16.8. The Morgan fingerprint density at radius 1 is 1.36 bits per heavy atom. The number of benzene rings is 1. The molecule has 3 unspecified atom stereocenters. The second-order valence-electron chi connectivity index (χ2n) is 6.91. The Bertz CT molecular complexity index is 535. The van der Waals surface area contributed by atoms with Gasteiger partial charge in [0.1, 0.15) is 0 Å². The molecule has 3 atom stereocenters. The highest BCUT2D eigenvalue weighted by atomic mass is 35.5. The molecule has 5 nitrogen and oxygen atoms in total. The van der Waals surface area contributed by atoms with Crippen LogP contribution in [0.2, 0.25) is 0 Å². The highest BCUT2D eigenvalue weighted by molar-refractivity contribution is 5.85. The highest BCUT2D eigenvalue weighted by Gasteiger charge is 2.37. The number of hydrogen-bond acceptors (Lipinski definition) is 4. The lowest BCUT2D eigenvalue weighted by molar-refractivity contribution is -0.135. The molecule has 0 saturated carbocycles. The molecular weight excluding hydrogens is 340 g/mol. The molecule has 0 aliphatic carbocycles. The van der Waals surface area contributed by atoms with Gasteiger partial charge in [-0.25, -0.2) is 0 Å². The van der Waals surface area contributed by atoms with E-state index in [1.807, 2.05) is 30.3 Å². The van der Waals surface area contributed by atoms with Crippen molar-refractivity contribution in [2.75, 3.05) is 33.4 Å². The number of rotatable bonds is 6. The van der Waals surface area contributed by atoms with Crippen LogP contribution >= 0.6 is 12.4 Å². The molecule has 0 spiro atoms.